The van der Waals surface area contributed by atoms with Crippen LogP contribution in [0, 0.1) is 5.82 Å². The zero-order chi connectivity index (χ0) is 18.2. The molecule has 1 aromatic carbocycles. The van der Waals surface area contributed by atoms with E-state index in [4.69, 9.17) is 9.26 Å². The molecule has 0 N–H and O–H groups in total. The molecule has 1 aliphatic heterocycles. The van der Waals surface area contributed by atoms with E-state index in [1.165, 1.54) is 12.1 Å². The van der Waals surface area contributed by atoms with Gasteiger partial charge in [-0.15, -0.1) is 5.10 Å². The van der Waals surface area contributed by atoms with Gasteiger partial charge in [-0.1, -0.05) is 22.5 Å². The van der Waals surface area contributed by atoms with Crippen LogP contribution in [0.25, 0.3) is 23.0 Å². The minimum atomic E-state index is -0.279. The minimum absolute atomic E-state index is 0.221. The van der Waals surface area contributed by atoms with Crippen LogP contribution in [-0.4, -0.2) is 30.1 Å². The zero-order valence-corrected chi connectivity index (χ0v) is 14.0. The maximum Gasteiger partial charge on any atom is 0.280 e. The van der Waals surface area contributed by atoms with E-state index >= 15 is 0 Å². The largest absolute Gasteiger partial charge is 0.365 e. The monoisotopic (exact) mass is 364 g/mol. The zero-order valence-electron chi connectivity index (χ0n) is 14.0. The van der Waals surface area contributed by atoms with Crippen LogP contribution in [0.2, 0.25) is 0 Å². The summed E-state index contributed by atoms with van der Waals surface area (Å²) in [5.74, 6) is 0.429. The predicted molar refractivity (Wildman–Crippen MR) is 90.5 cm³/mol. The lowest BCUT2D eigenvalue weighted by Crippen LogP contribution is -2.22. The molecule has 8 nitrogen and oxygen atoms in total. The third-order valence-corrected chi connectivity index (χ3v) is 4.39. The number of hydrogen-bond acceptors (Lipinski definition) is 7. The summed E-state index contributed by atoms with van der Waals surface area (Å²) < 4.78 is 26.1. The summed E-state index contributed by atoms with van der Waals surface area (Å²) in [6.07, 6.45) is 3.11. The van der Waals surface area contributed by atoms with Gasteiger partial charge in [0, 0.05) is 18.0 Å². The van der Waals surface area contributed by atoms with Gasteiger partial charge in [-0.2, -0.15) is 4.98 Å². The van der Waals surface area contributed by atoms with Crippen molar-refractivity contribution in [2.24, 2.45) is 0 Å². The fourth-order valence-electron chi connectivity index (χ4n) is 2.99. The van der Waals surface area contributed by atoms with Crippen molar-refractivity contribution in [3.63, 3.8) is 0 Å². The maximum absolute atomic E-state index is 13.1. The second-order valence-corrected chi connectivity index (χ2v) is 6.08. The van der Waals surface area contributed by atoms with E-state index in [1.807, 2.05) is 6.07 Å². The minimum Gasteiger partial charge on any atom is -0.365 e. The van der Waals surface area contributed by atoms with E-state index in [-0.39, 0.29) is 24.4 Å². The Kier molecular flexibility index (Phi) is 3.72. The average Bonchev–Trinajstić information content (AvgIpc) is 3.36. The van der Waals surface area contributed by atoms with Crippen molar-refractivity contribution >= 4 is 0 Å². The van der Waals surface area contributed by atoms with E-state index in [9.17, 15) is 4.39 Å². The fourth-order valence-corrected chi connectivity index (χ4v) is 2.99. The summed E-state index contributed by atoms with van der Waals surface area (Å²) >= 11 is 0. The molecule has 0 spiro atoms. The van der Waals surface area contributed by atoms with Gasteiger partial charge >= 0.3 is 0 Å². The van der Waals surface area contributed by atoms with Crippen molar-refractivity contribution in [2.75, 3.05) is 0 Å². The van der Waals surface area contributed by atoms with E-state index in [0.29, 0.717) is 18.1 Å². The summed E-state index contributed by atoms with van der Waals surface area (Å²) in [4.78, 5) is 8.44. The van der Waals surface area contributed by atoms with E-state index < -0.39 is 0 Å². The van der Waals surface area contributed by atoms with Crippen LogP contribution in [0.4, 0.5) is 4.39 Å². The SMILES string of the molecule is Fc1ccc([C@@H]2Cn3nnc(-c4nc(-c5cccnc5)no4)c3CO2)cc1. The Morgan fingerprint density at radius 2 is 2.04 bits per heavy atom. The smallest absolute Gasteiger partial charge is 0.280 e. The Labute approximate surface area is 152 Å². The molecular formula is C18H13FN6O2. The number of halogens is 1. The molecule has 0 bridgehead atoms. The Hall–Kier alpha value is -3.46. The number of benzene rings is 1. The Bertz CT molecular complexity index is 1080. The number of rotatable bonds is 3. The number of hydrogen-bond donors (Lipinski definition) is 0. The maximum atomic E-state index is 13.1. The summed E-state index contributed by atoms with van der Waals surface area (Å²) in [7, 11) is 0. The highest BCUT2D eigenvalue weighted by Crippen LogP contribution is 2.30. The lowest BCUT2D eigenvalue weighted by atomic mass is 10.1. The Morgan fingerprint density at radius 1 is 1.15 bits per heavy atom. The molecule has 0 radical (unpaired) electrons. The van der Waals surface area contributed by atoms with Gasteiger partial charge in [0.2, 0.25) is 5.82 Å². The first-order chi connectivity index (χ1) is 13.3. The molecule has 0 unspecified atom stereocenters. The molecule has 4 heterocycles. The van der Waals surface area contributed by atoms with Gasteiger partial charge in [-0.25, -0.2) is 9.07 Å². The highest BCUT2D eigenvalue weighted by atomic mass is 19.1. The first kappa shape index (κ1) is 15.8. The van der Waals surface area contributed by atoms with Crippen molar-refractivity contribution in [3.8, 4) is 23.0 Å². The third-order valence-electron chi connectivity index (χ3n) is 4.39. The van der Waals surface area contributed by atoms with Crippen molar-refractivity contribution < 1.29 is 13.7 Å². The van der Waals surface area contributed by atoms with Crippen molar-refractivity contribution in [1.29, 1.82) is 0 Å². The molecule has 0 aliphatic carbocycles. The number of nitrogens with zero attached hydrogens (tertiary/aromatic N) is 6. The van der Waals surface area contributed by atoms with Gasteiger partial charge in [-0.3, -0.25) is 4.98 Å². The normalized spacial score (nSPS) is 16.3. The van der Waals surface area contributed by atoms with Crippen molar-refractivity contribution in [3.05, 3.63) is 65.9 Å². The number of fused-ring (bicyclic) bond motifs is 1. The Morgan fingerprint density at radius 3 is 2.85 bits per heavy atom. The molecule has 3 aromatic heterocycles. The first-order valence-corrected chi connectivity index (χ1v) is 8.32. The molecule has 1 aliphatic rings. The molecule has 0 amide bonds. The molecule has 0 fully saturated rings. The first-order valence-electron chi connectivity index (χ1n) is 8.32. The molecule has 5 rings (SSSR count). The van der Waals surface area contributed by atoms with Gasteiger partial charge in [0.1, 0.15) is 11.9 Å². The van der Waals surface area contributed by atoms with Crippen LogP contribution in [-0.2, 0) is 17.9 Å². The quantitative estimate of drug-likeness (QED) is 0.552. The summed E-state index contributed by atoms with van der Waals surface area (Å²) in [6, 6.07) is 9.90. The van der Waals surface area contributed by atoms with Crippen LogP contribution in [0.5, 0.6) is 0 Å². The van der Waals surface area contributed by atoms with E-state index in [1.54, 1.807) is 35.3 Å². The second-order valence-electron chi connectivity index (χ2n) is 6.08. The third kappa shape index (κ3) is 2.87. The standard InChI is InChI=1S/C18H13FN6O2/c19-13-5-3-11(4-6-13)15-9-25-14(10-26-15)16(22-24-25)18-21-17(23-27-18)12-2-1-7-20-8-12/h1-8,15H,9-10H2/t15-/m0/s1. The van der Waals surface area contributed by atoms with Gasteiger partial charge in [0.15, 0.2) is 5.69 Å². The molecule has 0 saturated carbocycles. The van der Waals surface area contributed by atoms with Crippen LogP contribution >= 0.6 is 0 Å². The lowest BCUT2D eigenvalue weighted by Gasteiger charge is -2.24. The lowest BCUT2D eigenvalue weighted by molar-refractivity contribution is -0.00120. The molecule has 27 heavy (non-hydrogen) atoms. The highest BCUT2D eigenvalue weighted by Gasteiger charge is 2.28. The summed E-state index contributed by atoms with van der Waals surface area (Å²) in [5.41, 5.74) is 2.89. The average molecular weight is 364 g/mol. The highest BCUT2D eigenvalue weighted by molar-refractivity contribution is 5.57. The van der Waals surface area contributed by atoms with Crippen LogP contribution in [0.3, 0.4) is 0 Å². The van der Waals surface area contributed by atoms with Gasteiger partial charge in [0.25, 0.3) is 5.89 Å². The molecular weight excluding hydrogens is 351 g/mol. The number of aromatic nitrogens is 6. The fraction of sp³-hybridized carbons (Fsp3) is 0.167. The second kappa shape index (κ2) is 6.36. The number of ether oxygens (including phenoxy) is 1. The van der Waals surface area contributed by atoms with E-state index in [2.05, 4.69) is 25.4 Å². The number of pyridine rings is 1. The van der Waals surface area contributed by atoms with Crippen molar-refractivity contribution in [2.45, 2.75) is 19.3 Å². The van der Waals surface area contributed by atoms with Gasteiger partial charge < -0.3 is 9.26 Å². The van der Waals surface area contributed by atoms with Gasteiger partial charge in [-0.05, 0) is 29.8 Å². The van der Waals surface area contributed by atoms with Gasteiger partial charge in [0.05, 0.1) is 18.8 Å². The predicted octanol–water partition coefficient (Wildman–Crippen LogP) is 2.80. The molecule has 1 atom stereocenters. The summed E-state index contributed by atoms with van der Waals surface area (Å²) in [5, 5.41) is 12.3. The topological polar surface area (TPSA) is 91.8 Å². The molecule has 134 valence electrons. The summed E-state index contributed by atoms with van der Waals surface area (Å²) in [6.45, 7) is 0.756. The Balaban J connectivity index is 1.42. The van der Waals surface area contributed by atoms with Crippen LogP contribution < -0.4 is 0 Å². The molecule has 0 saturated heterocycles. The van der Waals surface area contributed by atoms with Crippen LogP contribution in [0.1, 0.15) is 17.4 Å². The van der Waals surface area contributed by atoms with E-state index in [0.717, 1.165) is 16.8 Å². The molecule has 9 heteroatoms. The molecule has 4 aromatic rings. The van der Waals surface area contributed by atoms with Crippen molar-refractivity contribution in [1.82, 2.24) is 30.1 Å². The van der Waals surface area contributed by atoms with Crippen LogP contribution in [0.15, 0.2) is 53.3 Å².